The molecule has 0 saturated heterocycles. The molecule has 2 aliphatic rings. The maximum Gasteiger partial charge on any atom is 0.0334 e. The van der Waals surface area contributed by atoms with E-state index in [9.17, 15) is 0 Å². The zero-order chi connectivity index (χ0) is 10.8. The molecule has 16 heavy (non-hydrogen) atoms. The van der Waals surface area contributed by atoms with Crippen molar-refractivity contribution in [1.29, 1.82) is 0 Å². The molecular weight excluding hydrogens is 214 g/mol. The molecule has 1 atom stereocenters. The molecule has 0 radical (unpaired) electrons. The SMILES string of the molecule is c1cc2c(s1)CCNC2CC1CCCCC1. The summed E-state index contributed by atoms with van der Waals surface area (Å²) in [5, 5.41) is 5.98. The molecule has 1 unspecified atom stereocenters. The zero-order valence-corrected chi connectivity index (χ0v) is 10.7. The van der Waals surface area contributed by atoms with Crippen LogP contribution in [-0.2, 0) is 6.42 Å². The van der Waals surface area contributed by atoms with Gasteiger partial charge in [0.1, 0.15) is 0 Å². The minimum absolute atomic E-state index is 0.665. The first-order valence-corrected chi connectivity index (χ1v) is 7.61. The molecular formula is C14H21NS. The lowest BCUT2D eigenvalue weighted by Gasteiger charge is -2.30. The van der Waals surface area contributed by atoms with E-state index in [1.807, 2.05) is 11.3 Å². The summed E-state index contributed by atoms with van der Waals surface area (Å²) in [5.41, 5.74) is 1.61. The van der Waals surface area contributed by atoms with Crippen molar-refractivity contribution >= 4 is 11.3 Å². The van der Waals surface area contributed by atoms with Crippen molar-refractivity contribution in [2.24, 2.45) is 5.92 Å². The fraction of sp³-hybridized carbons (Fsp3) is 0.714. The standard InChI is InChI=1S/C14H21NS/c1-2-4-11(5-3-1)10-13-12-7-9-16-14(12)6-8-15-13/h7,9,11,13,15H,1-6,8,10H2. The highest BCUT2D eigenvalue weighted by Crippen LogP contribution is 2.35. The monoisotopic (exact) mass is 235 g/mol. The first-order valence-electron chi connectivity index (χ1n) is 6.73. The smallest absolute Gasteiger partial charge is 0.0334 e. The fourth-order valence-corrected chi connectivity index (χ4v) is 4.25. The number of hydrogen-bond acceptors (Lipinski definition) is 2. The summed E-state index contributed by atoms with van der Waals surface area (Å²) in [7, 11) is 0. The van der Waals surface area contributed by atoms with Crippen LogP contribution < -0.4 is 5.32 Å². The summed E-state index contributed by atoms with van der Waals surface area (Å²) in [5.74, 6) is 0.983. The normalized spacial score (nSPS) is 26.6. The van der Waals surface area contributed by atoms with Crippen molar-refractivity contribution < 1.29 is 0 Å². The van der Waals surface area contributed by atoms with E-state index in [1.165, 1.54) is 51.5 Å². The molecule has 88 valence electrons. The zero-order valence-electron chi connectivity index (χ0n) is 9.87. The minimum atomic E-state index is 0.665. The Morgan fingerprint density at radius 1 is 1.25 bits per heavy atom. The van der Waals surface area contributed by atoms with Crippen LogP contribution in [0, 0.1) is 5.92 Å². The Balaban J connectivity index is 1.67. The third-order valence-electron chi connectivity index (χ3n) is 4.19. The van der Waals surface area contributed by atoms with Crippen LogP contribution >= 0.6 is 11.3 Å². The highest BCUT2D eigenvalue weighted by molar-refractivity contribution is 7.10. The third kappa shape index (κ3) is 2.18. The Labute approximate surface area is 102 Å². The molecule has 1 N–H and O–H groups in total. The Kier molecular flexibility index (Phi) is 3.30. The van der Waals surface area contributed by atoms with Crippen molar-refractivity contribution in [3.8, 4) is 0 Å². The molecule has 2 heterocycles. The second kappa shape index (κ2) is 4.89. The van der Waals surface area contributed by atoms with Crippen molar-refractivity contribution in [2.75, 3.05) is 6.54 Å². The van der Waals surface area contributed by atoms with Gasteiger partial charge in [0.05, 0.1) is 0 Å². The van der Waals surface area contributed by atoms with Gasteiger partial charge in [-0.25, -0.2) is 0 Å². The van der Waals surface area contributed by atoms with E-state index in [-0.39, 0.29) is 0 Å². The van der Waals surface area contributed by atoms with Gasteiger partial charge >= 0.3 is 0 Å². The third-order valence-corrected chi connectivity index (χ3v) is 5.19. The molecule has 1 nitrogen and oxygen atoms in total. The molecule has 1 aliphatic heterocycles. The van der Waals surface area contributed by atoms with Crippen LogP contribution in [0.2, 0.25) is 0 Å². The van der Waals surface area contributed by atoms with Crippen molar-refractivity contribution in [1.82, 2.24) is 5.32 Å². The van der Waals surface area contributed by atoms with Crippen molar-refractivity contribution in [2.45, 2.75) is 51.0 Å². The average Bonchev–Trinajstić information content (AvgIpc) is 2.80. The predicted octanol–water partition coefficient (Wildman–Crippen LogP) is 3.91. The van der Waals surface area contributed by atoms with Gasteiger partial charge in [-0.3, -0.25) is 0 Å². The molecule has 1 aliphatic carbocycles. The summed E-state index contributed by atoms with van der Waals surface area (Å²) < 4.78 is 0. The lowest BCUT2D eigenvalue weighted by atomic mass is 9.82. The van der Waals surface area contributed by atoms with E-state index in [1.54, 1.807) is 10.4 Å². The quantitative estimate of drug-likeness (QED) is 0.819. The van der Waals surface area contributed by atoms with Gasteiger partial charge in [-0.1, -0.05) is 32.1 Å². The van der Waals surface area contributed by atoms with Gasteiger partial charge < -0.3 is 5.32 Å². The Morgan fingerprint density at radius 2 is 2.12 bits per heavy atom. The molecule has 1 aromatic heterocycles. The molecule has 1 saturated carbocycles. The first kappa shape index (κ1) is 10.8. The van der Waals surface area contributed by atoms with Crippen LogP contribution in [0.1, 0.15) is 55.0 Å². The van der Waals surface area contributed by atoms with E-state index in [2.05, 4.69) is 16.8 Å². The summed E-state index contributed by atoms with van der Waals surface area (Å²) in [4.78, 5) is 1.64. The maximum absolute atomic E-state index is 3.72. The number of thiophene rings is 1. The number of rotatable bonds is 2. The predicted molar refractivity (Wildman–Crippen MR) is 70.0 cm³/mol. The number of nitrogens with one attached hydrogen (secondary N) is 1. The van der Waals surface area contributed by atoms with Gasteiger partial charge in [-0.2, -0.15) is 0 Å². The lowest BCUT2D eigenvalue weighted by molar-refractivity contribution is 0.296. The second-order valence-electron chi connectivity index (χ2n) is 5.30. The Bertz CT molecular complexity index is 338. The van der Waals surface area contributed by atoms with E-state index < -0.39 is 0 Å². The van der Waals surface area contributed by atoms with Gasteiger partial charge in [-0.05, 0) is 35.8 Å². The summed E-state index contributed by atoms with van der Waals surface area (Å²) in [6.45, 7) is 1.19. The molecule has 1 fully saturated rings. The first-order chi connectivity index (χ1) is 7.93. The average molecular weight is 235 g/mol. The number of hydrogen-bond donors (Lipinski definition) is 1. The van der Waals surface area contributed by atoms with Crippen molar-refractivity contribution in [3.63, 3.8) is 0 Å². The van der Waals surface area contributed by atoms with Crippen LogP contribution in [0.3, 0.4) is 0 Å². The molecule has 0 aromatic carbocycles. The topological polar surface area (TPSA) is 12.0 Å². The second-order valence-corrected chi connectivity index (χ2v) is 6.30. The van der Waals surface area contributed by atoms with Crippen LogP contribution in [0.4, 0.5) is 0 Å². The van der Waals surface area contributed by atoms with Crippen LogP contribution in [0.5, 0.6) is 0 Å². The summed E-state index contributed by atoms with van der Waals surface area (Å²) >= 11 is 1.95. The Morgan fingerprint density at radius 3 is 3.00 bits per heavy atom. The van der Waals surface area contributed by atoms with Gasteiger partial charge in [0.25, 0.3) is 0 Å². The van der Waals surface area contributed by atoms with E-state index in [4.69, 9.17) is 0 Å². The number of fused-ring (bicyclic) bond motifs is 1. The highest BCUT2D eigenvalue weighted by Gasteiger charge is 2.24. The molecule has 0 spiro atoms. The van der Waals surface area contributed by atoms with Gasteiger partial charge in [0.15, 0.2) is 0 Å². The molecule has 3 rings (SSSR count). The summed E-state index contributed by atoms with van der Waals surface area (Å²) in [6, 6.07) is 3.01. The highest BCUT2D eigenvalue weighted by atomic mass is 32.1. The minimum Gasteiger partial charge on any atom is -0.310 e. The van der Waals surface area contributed by atoms with Crippen LogP contribution in [0.25, 0.3) is 0 Å². The molecule has 2 heteroatoms. The largest absolute Gasteiger partial charge is 0.310 e. The summed E-state index contributed by atoms with van der Waals surface area (Å²) in [6.07, 6.45) is 9.97. The van der Waals surface area contributed by atoms with Crippen LogP contribution in [-0.4, -0.2) is 6.54 Å². The molecule has 0 amide bonds. The molecule has 0 bridgehead atoms. The van der Waals surface area contributed by atoms with Crippen molar-refractivity contribution in [3.05, 3.63) is 21.9 Å². The Hall–Kier alpha value is -0.340. The van der Waals surface area contributed by atoms with E-state index in [0.717, 1.165) is 5.92 Å². The maximum atomic E-state index is 3.72. The molecule has 1 aromatic rings. The van der Waals surface area contributed by atoms with Gasteiger partial charge in [0.2, 0.25) is 0 Å². The van der Waals surface area contributed by atoms with Gasteiger partial charge in [0, 0.05) is 17.5 Å². The van der Waals surface area contributed by atoms with Gasteiger partial charge in [-0.15, -0.1) is 11.3 Å². The van der Waals surface area contributed by atoms with Crippen LogP contribution in [0.15, 0.2) is 11.4 Å². The fourth-order valence-electron chi connectivity index (χ4n) is 3.30. The van der Waals surface area contributed by atoms with E-state index in [0.29, 0.717) is 6.04 Å². The lowest BCUT2D eigenvalue weighted by Crippen LogP contribution is -2.30. The van der Waals surface area contributed by atoms with E-state index >= 15 is 0 Å².